The minimum Gasteiger partial charge on any atom is -0.347 e. The third-order valence-corrected chi connectivity index (χ3v) is 8.04. The lowest BCUT2D eigenvalue weighted by molar-refractivity contribution is -0.120. The van der Waals surface area contributed by atoms with Crippen LogP contribution in [0.1, 0.15) is 26.2 Å². The molecular weight excluding hydrogens is 453 g/mol. The van der Waals surface area contributed by atoms with Crippen molar-refractivity contribution < 1.29 is 17.6 Å². The zero-order chi connectivity index (χ0) is 22.9. The fourth-order valence-electron chi connectivity index (χ4n) is 4.10. The third kappa shape index (κ3) is 4.53. The molecule has 1 fully saturated rings. The van der Waals surface area contributed by atoms with Crippen LogP contribution in [-0.4, -0.2) is 36.3 Å². The molecule has 1 aliphatic heterocycles. The summed E-state index contributed by atoms with van der Waals surface area (Å²) in [4.78, 5) is 12.7. The molecule has 170 valence electrons. The van der Waals surface area contributed by atoms with Crippen molar-refractivity contribution in [2.24, 2.45) is 5.92 Å². The fourth-order valence-corrected chi connectivity index (χ4v) is 5.84. The molecule has 3 aromatic rings. The van der Waals surface area contributed by atoms with Crippen molar-refractivity contribution in [1.82, 2.24) is 8.87 Å². The lowest BCUT2D eigenvalue weighted by Crippen LogP contribution is -2.41. The second kappa shape index (κ2) is 9.21. The van der Waals surface area contributed by atoms with Gasteiger partial charge in [0.15, 0.2) is 0 Å². The van der Waals surface area contributed by atoms with Gasteiger partial charge in [0.05, 0.1) is 9.92 Å². The number of carbonyl (C=O) groups is 1. The Hall–Kier alpha value is -2.42. The van der Waals surface area contributed by atoms with Gasteiger partial charge < -0.3 is 9.88 Å². The summed E-state index contributed by atoms with van der Waals surface area (Å²) >= 11 is 5.74. The highest BCUT2D eigenvalue weighted by Crippen LogP contribution is 2.28. The predicted octanol–water partition coefficient (Wildman–Crippen LogP) is 4.88. The number of halogens is 2. The highest BCUT2D eigenvalue weighted by atomic mass is 35.5. The zero-order valence-electron chi connectivity index (χ0n) is 17.7. The topological polar surface area (TPSA) is 71.4 Å². The Labute approximate surface area is 192 Å². The summed E-state index contributed by atoms with van der Waals surface area (Å²) in [5, 5.41) is 3.80. The van der Waals surface area contributed by atoms with Gasteiger partial charge in [0.2, 0.25) is 15.9 Å². The highest BCUT2D eigenvalue weighted by Gasteiger charge is 2.32. The zero-order valence-corrected chi connectivity index (χ0v) is 19.3. The number of hydrogen-bond acceptors (Lipinski definition) is 3. The first-order valence-electron chi connectivity index (χ1n) is 10.6. The number of piperidine rings is 1. The molecule has 1 aromatic heterocycles. The van der Waals surface area contributed by atoms with Crippen molar-refractivity contribution >= 4 is 44.1 Å². The number of benzene rings is 2. The Bertz CT molecular complexity index is 1250. The van der Waals surface area contributed by atoms with Crippen LogP contribution in [0.5, 0.6) is 0 Å². The van der Waals surface area contributed by atoms with E-state index in [2.05, 4.69) is 16.8 Å². The molecule has 9 heteroatoms. The van der Waals surface area contributed by atoms with E-state index in [0.717, 1.165) is 41.7 Å². The second-order valence-electron chi connectivity index (χ2n) is 8.03. The van der Waals surface area contributed by atoms with Gasteiger partial charge >= 0.3 is 0 Å². The summed E-state index contributed by atoms with van der Waals surface area (Å²) in [6, 6.07) is 11.3. The number of fused-ring (bicyclic) bond motifs is 1. The van der Waals surface area contributed by atoms with Crippen molar-refractivity contribution in [3.63, 3.8) is 0 Å². The molecule has 4 rings (SSSR count). The predicted molar refractivity (Wildman–Crippen MR) is 124 cm³/mol. The number of nitrogens with zero attached hydrogens (tertiary/aromatic N) is 2. The molecule has 1 aliphatic rings. The van der Waals surface area contributed by atoms with Crippen LogP contribution in [0.25, 0.3) is 10.9 Å². The van der Waals surface area contributed by atoms with Crippen molar-refractivity contribution in [1.29, 1.82) is 0 Å². The summed E-state index contributed by atoms with van der Waals surface area (Å²) in [6.45, 7) is 3.51. The van der Waals surface area contributed by atoms with Crippen LogP contribution in [0, 0.1) is 11.7 Å². The Morgan fingerprint density at radius 3 is 2.59 bits per heavy atom. The van der Waals surface area contributed by atoms with Crippen LogP contribution in [0.4, 0.5) is 10.1 Å². The Kier molecular flexibility index (Phi) is 6.55. The van der Waals surface area contributed by atoms with Crippen LogP contribution in [0.15, 0.2) is 53.6 Å². The number of anilines is 1. The van der Waals surface area contributed by atoms with E-state index in [4.69, 9.17) is 11.6 Å². The van der Waals surface area contributed by atoms with E-state index in [1.807, 2.05) is 30.5 Å². The molecule has 0 aliphatic carbocycles. The minimum absolute atomic E-state index is 0.0462. The van der Waals surface area contributed by atoms with E-state index in [-0.39, 0.29) is 34.8 Å². The molecule has 0 spiro atoms. The first-order valence-corrected chi connectivity index (χ1v) is 12.5. The Morgan fingerprint density at radius 1 is 1.16 bits per heavy atom. The minimum atomic E-state index is -3.79. The maximum Gasteiger partial charge on any atom is 0.243 e. The maximum absolute atomic E-state index is 13.4. The fraction of sp³-hybridized carbons (Fsp3) is 0.348. The molecule has 0 bridgehead atoms. The highest BCUT2D eigenvalue weighted by molar-refractivity contribution is 7.89. The van der Waals surface area contributed by atoms with Crippen LogP contribution in [-0.2, 0) is 21.4 Å². The molecule has 0 atom stereocenters. The lowest BCUT2D eigenvalue weighted by atomic mass is 9.97. The molecule has 0 radical (unpaired) electrons. The molecule has 32 heavy (non-hydrogen) atoms. The number of hydrogen-bond donors (Lipinski definition) is 1. The van der Waals surface area contributed by atoms with Gasteiger partial charge in [-0.05, 0) is 61.7 Å². The summed E-state index contributed by atoms with van der Waals surface area (Å²) in [5.74, 6) is -1.06. The Balaban J connectivity index is 1.39. The average Bonchev–Trinajstić information content (AvgIpc) is 3.18. The van der Waals surface area contributed by atoms with E-state index < -0.39 is 15.8 Å². The van der Waals surface area contributed by atoms with E-state index in [1.54, 1.807) is 0 Å². The molecule has 2 aromatic carbocycles. The van der Waals surface area contributed by atoms with Gasteiger partial charge in [-0.3, -0.25) is 4.79 Å². The number of nitrogens with one attached hydrogen (secondary N) is 1. The van der Waals surface area contributed by atoms with E-state index in [1.165, 1.54) is 10.4 Å². The number of amides is 1. The number of sulfonamides is 1. The van der Waals surface area contributed by atoms with Crippen LogP contribution in [0.2, 0.25) is 5.02 Å². The normalized spacial score (nSPS) is 15.8. The van der Waals surface area contributed by atoms with Crippen LogP contribution in [0.3, 0.4) is 0 Å². The molecule has 1 amide bonds. The average molecular weight is 478 g/mol. The third-order valence-electron chi connectivity index (χ3n) is 5.86. The molecule has 1 saturated heterocycles. The first kappa shape index (κ1) is 22.8. The standard InChI is InChI=1S/C23H25ClFN3O3S/c1-2-10-27-11-7-17-14-18(3-6-22(17)27)26-23(29)16-8-12-28(13-9-16)32(30,31)19-4-5-21(25)20(24)15-19/h3-7,11,14-16H,2,8-10,12-13H2,1H3,(H,26,29). The van der Waals surface area contributed by atoms with Crippen LogP contribution >= 0.6 is 11.6 Å². The van der Waals surface area contributed by atoms with Gasteiger partial charge in [0, 0.05) is 48.3 Å². The summed E-state index contributed by atoms with van der Waals surface area (Å²) in [6.07, 6.45) is 3.92. The number of aromatic nitrogens is 1. The van der Waals surface area contributed by atoms with Gasteiger partial charge in [0.25, 0.3) is 0 Å². The van der Waals surface area contributed by atoms with Gasteiger partial charge in [-0.25, -0.2) is 12.8 Å². The van der Waals surface area contributed by atoms with E-state index in [0.29, 0.717) is 12.8 Å². The molecule has 0 saturated carbocycles. The van der Waals surface area contributed by atoms with Crippen molar-refractivity contribution in [2.45, 2.75) is 37.6 Å². The monoisotopic (exact) mass is 477 g/mol. The maximum atomic E-state index is 13.4. The number of rotatable bonds is 6. The van der Waals surface area contributed by atoms with Crippen molar-refractivity contribution in [3.8, 4) is 0 Å². The molecular formula is C23H25ClFN3O3S. The second-order valence-corrected chi connectivity index (χ2v) is 10.4. The Morgan fingerprint density at radius 2 is 1.91 bits per heavy atom. The largest absolute Gasteiger partial charge is 0.347 e. The summed E-state index contributed by atoms with van der Waals surface area (Å²) in [5.41, 5.74) is 1.86. The summed E-state index contributed by atoms with van der Waals surface area (Å²) in [7, 11) is -3.79. The molecule has 6 nitrogen and oxygen atoms in total. The van der Waals surface area contributed by atoms with E-state index in [9.17, 15) is 17.6 Å². The lowest BCUT2D eigenvalue weighted by Gasteiger charge is -2.30. The molecule has 1 N–H and O–H groups in total. The number of carbonyl (C=O) groups excluding carboxylic acids is 1. The number of aryl methyl sites for hydroxylation is 1. The van der Waals surface area contributed by atoms with Gasteiger partial charge in [-0.1, -0.05) is 18.5 Å². The van der Waals surface area contributed by atoms with Gasteiger partial charge in [-0.2, -0.15) is 4.31 Å². The van der Waals surface area contributed by atoms with Gasteiger partial charge in [0.1, 0.15) is 5.82 Å². The smallest absolute Gasteiger partial charge is 0.243 e. The van der Waals surface area contributed by atoms with Crippen molar-refractivity contribution in [3.05, 3.63) is 59.5 Å². The van der Waals surface area contributed by atoms with Crippen LogP contribution < -0.4 is 5.32 Å². The van der Waals surface area contributed by atoms with Crippen molar-refractivity contribution in [2.75, 3.05) is 18.4 Å². The summed E-state index contributed by atoms with van der Waals surface area (Å²) < 4.78 is 42.6. The molecule has 0 unspecified atom stereocenters. The van der Waals surface area contributed by atoms with E-state index >= 15 is 0 Å². The molecule has 2 heterocycles. The van der Waals surface area contributed by atoms with Gasteiger partial charge in [-0.15, -0.1) is 0 Å². The SMILES string of the molecule is CCCn1ccc2cc(NC(=O)C3CCN(S(=O)(=O)c4ccc(F)c(Cl)c4)CC3)ccc21. The quantitative estimate of drug-likeness (QED) is 0.549. The first-order chi connectivity index (χ1) is 15.3.